The van der Waals surface area contributed by atoms with E-state index < -0.39 is 32.9 Å². The molecule has 0 spiro atoms. The smallest absolute Gasteiger partial charge is 0.318 e. The average Bonchev–Trinajstić information content (AvgIpc) is 2.89. The fourth-order valence-corrected chi connectivity index (χ4v) is 3.35. The summed E-state index contributed by atoms with van der Waals surface area (Å²) in [4.78, 5) is 33.6. The molecule has 38 heavy (non-hydrogen) atoms. The summed E-state index contributed by atoms with van der Waals surface area (Å²) < 4.78 is 24.3. The second-order valence-electron chi connectivity index (χ2n) is 7.60. The van der Waals surface area contributed by atoms with E-state index in [-0.39, 0.29) is 34.9 Å². The van der Waals surface area contributed by atoms with Crippen molar-refractivity contribution < 1.29 is 28.5 Å². The Kier molecular flexibility index (Phi) is 8.47. The average molecular weight is 518 g/mol. The van der Waals surface area contributed by atoms with Gasteiger partial charge in [-0.15, -0.1) is 6.58 Å². The highest BCUT2D eigenvalue weighted by Gasteiger charge is 2.24. The van der Waals surface area contributed by atoms with Crippen LogP contribution in [0.1, 0.15) is 11.1 Å². The molecule has 0 saturated heterocycles. The Labute approximate surface area is 215 Å². The molecule has 0 aliphatic rings. The number of amides is 1. The van der Waals surface area contributed by atoms with Gasteiger partial charge in [0.25, 0.3) is 11.6 Å². The normalized spacial score (nSPS) is 10.7. The van der Waals surface area contributed by atoms with Crippen molar-refractivity contribution in [2.75, 3.05) is 12.4 Å². The lowest BCUT2D eigenvalue weighted by atomic mass is 10.0. The molecule has 0 heterocycles. The molecule has 3 aromatic carbocycles. The van der Waals surface area contributed by atoms with E-state index in [2.05, 4.69) is 11.9 Å². The van der Waals surface area contributed by atoms with E-state index in [0.717, 1.165) is 30.3 Å². The zero-order valence-electron chi connectivity index (χ0n) is 19.8. The van der Waals surface area contributed by atoms with Crippen LogP contribution in [0.3, 0.4) is 0 Å². The number of ether oxygens (including phenoxy) is 2. The van der Waals surface area contributed by atoms with E-state index in [1.165, 1.54) is 37.5 Å². The molecule has 0 saturated carbocycles. The van der Waals surface area contributed by atoms with Gasteiger partial charge in [0.05, 0.1) is 23.0 Å². The number of nitrogens with zero attached hydrogens (tertiary/aromatic N) is 3. The van der Waals surface area contributed by atoms with Crippen LogP contribution in [0.5, 0.6) is 17.2 Å². The number of carbonyl (C=O) groups is 1. The van der Waals surface area contributed by atoms with Crippen LogP contribution < -0.4 is 14.8 Å². The molecule has 11 nitrogen and oxygen atoms in total. The van der Waals surface area contributed by atoms with Gasteiger partial charge in [-0.3, -0.25) is 25.0 Å². The molecule has 0 atom stereocenters. The Hall–Kier alpha value is -5.57. The highest BCUT2D eigenvalue weighted by molar-refractivity contribution is 6.09. The standard InChI is InChI=1S/C26H19FN4O7/c1-3-4-17-11-16(12-18(15-28)26(32)29-20-7-5-19(27)6-8-20)13-24(37-2)25(17)38-23-10-9-21(30(33)34)14-22(23)31(35)36/h3,5-14H,1,4H2,2H3,(H,29,32)/b18-12+. The van der Waals surface area contributed by atoms with Crippen molar-refractivity contribution in [1.29, 1.82) is 5.26 Å². The first-order valence-corrected chi connectivity index (χ1v) is 10.8. The van der Waals surface area contributed by atoms with Crippen LogP contribution in [0.15, 0.2) is 72.8 Å². The summed E-state index contributed by atoms with van der Waals surface area (Å²) in [7, 11) is 1.32. The van der Waals surface area contributed by atoms with Crippen molar-refractivity contribution in [3.05, 3.63) is 110 Å². The summed E-state index contributed by atoms with van der Waals surface area (Å²) in [6.45, 7) is 3.69. The lowest BCUT2D eigenvalue weighted by Gasteiger charge is -2.16. The van der Waals surface area contributed by atoms with Crippen LogP contribution in [-0.2, 0) is 11.2 Å². The minimum atomic E-state index is -0.808. The van der Waals surface area contributed by atoms with Crippen LogP contribution in [0.25, 0.3) is 6.08 Å². The number of benzene rings is 3. The number of allylic oxidation sites excluding steroid dienone is 1. The number of non-ortho nitro benzene ring substituents is 1. The number of halogens is 1. The molecule has 0 radical (unpaired) electrons. The van der Waals surface area contributed by atoms with Gasteiger partial charge in [0.15, 0.2) is 11.5 Å². The largest absolute Gasteiger partial charge is 0.493 e. The van der Waals surface area contributed by atoms with Crippen LogP contribution >= 0.6 is 0 Å². The number of nitrogens with one attached hydrogen (secondary N) is 1. The van der Waals surface area contributed by atoms with Crippen LogP contribution in [0, 0.1) is 37.4 Å². The number of nitriles is 1. The van der Waals surface area contributed by atoms with Crippen molar-refractivity contribution in [2.45, 2.75) is 6.42 Å². The summed E-state index contributed by atoms with van der Waals surface area (Å²) in [6.07, 6.45) is 3.04. The summed E-state index contributed by atoms with van der Waals surface area (Å²) in [5, 5.41) is 34.6. The predicted octanol–water partition coefficient (Wildman–Crippen LogP) is 5.72. The van der Waals surface area contributed by atoms with Crippen molar-refractivity contribution in [3.8, 4) is 23.3 Å². The maximum absolute atomic E-state index is 13.1. The Morgan fingerprint density at radius 2 is 1.82 bits per heavy atom. The van der Waals surface area contributed by atoms with Crippen LogP contribution in [0.4, 0.5) is 21.5 Å². The Bertz CT molecular complexity index is 1490. The fraction of sp³-hybridized carbons (Fsp3) is 0.0769. The molecule has 0 bridgehead atoms. The van der Waals surface area contributed by atoms with E-state index in [0.29, 0.717) is 11.1 Å². The highest BCUT2D eigenvalue weighted by atomic mass is 19.1. The summed E-state index contributed by atoms with van der Waals surface area (Å²) >= 11 is 0. The highest BCUT2D eigenvalue weighted by Crippen LogP contribution is 2.41. The first-order chi connectivity index (χ1) is 18.2. The minimum absolute atomic E-state index is 0.0794. The maximum Gasteiger partial charge on any atom is 0.318 e. The first-order valence-electron chi connectivity index (χ1n) is 10.8. The van der Waals surface area contributed by atoms with Crippen molar-refractivity contribution in [3.63, 3.8) is 0 Å². The topological polar surface area (TPSA) is 158 Å². The molecule has 0 aliphatic heterocycles. The van der Waals surface area contributed by atoms with Gasteiger partial charge in [0.2, 0.25) is 5.75 Å². The van der Waals surface area contributed by atoms with E-state index in [4.69, 9.17) is 9.47 Å². The van der Waals surface area contributed by atoms with Gasteiger partial charge < -0.3 is 14.8 Å². The third kappa shape index (κ3) is 6.35. The van der Waals surface area contributed by atoms with Crippen molar-refractivity contribution >= 4 is 29.0 Å². The lowest BCUT2D eigenvalue weighted by Crippen LogP contribution is -2.13. The zero-order chi connectivity index (χ0) is 27.8. The predicted molar refractivity (Wildman–Crippen MR) is 135 cm³/mol. The third-order valence-electron chi connectivity index (χ3n) is 5.08. The lowest BCUT2D eigenvalue weighted by molar-refractivity contribution is -0.394. The molecular formula is C26H19FN4O7. The number of carbonyl (C=O) groups excluding carboxylic acids is 1. The van der Waals surface area contributed by atoms with Gasteiger partial charge in [-0.25, -0.2) is 4.39 Å². The SMILES string of the molecule is C=CCc1cc(/C=C(\C#N)C(=O)Nc2ccc(F)cc2)cc(OC)c1Oc1ccc([N+](=O)[O-])cc1[N+](=O)[O-]. The number of methoxy groups -OCH3 is 1. The summed E-state index contributed by atoms with van der Waals surface area (Å²) in [6, 6.07) is 12.8. The maximum atomic E-state index is 13.1. The molecule has 192 valence electrons. The van der Waals surface area contributed by atoms with Crippen molar-refractivity contribution in [2.24, 2.45) is 0 Å². The van der Waals surface area contributed by atoms with E-state index in [1.807, 2.05) is 6.07 Å². The van der Waals surface area contributed by atoms with Gasteiger partial charge in [-0.05, 0) is 60.5 Å². The molecule has 1 N–H and O–H groups in total. The zero-order valence-corrected chi connectivity index (χ0v) is 19.8. The molecule has 3 rings (SSSR count). The molecule has 12 heteroatoms. The number of nitro groups is 2. The van der Waals surface area contributed by atoms with Crippen LogP contribution in [0.2, 0.25) is 0 Å². The number of rotatable bonds is 10. The van der Waals surface area contributed by atoms with Gasteiger partial charge in [-0.2, -0.15) is 5.26 Å². The number of hydrogen-bond acceptors (Lipinski definition) is 8. The third-order valence-corrected chi connectivity index (χ3v) is 5.08. The molecule has 3 aromatic rings. The van der Waals surface area contributed by atoms with Crippen LogP contribution in [-0.4, -0.2) is 22.9 Å². The van der Waals surface area contributed by atoms with Gasteiger partial charge in [0, 0.05) is 17.3 Å². The summed E-state index contributed by atoms with van der Waals surface area (Å²) in [5.74, 6) is -1.29. The molecule has 0 aliphatic carbocycles. The van der Waals surface area contributed by atoms with Gasteiger partial charge in [0.1, 0.15) is 17.5 Å². The van der Waals surface area contributed by atoms with Crippen molar-refractivity contribution in [1.82, 2.24) is 0 Å². The molecule has 1 amide bonds. The van der Waals surface area contributed by atoms with E-state index in [9.17, 15) is 34.7 Å². The van der Waals surface area contributed by atoms with Gasteiger partial charge in [-0.1, -0.05) is 6.08 Å². The van der Waals surface area contributed by atoms with E-state index >= 15 is 0 Å². The monoisotopic (exact) mass is 518 g/mol. The molecule has 0 fully saturated rings. The second-order valence-corrected chi connectivity index (χ2v) is 7.60. The number of hydrogen-bond donors (Lipinski definition) is 1. The quantitative estimate of drug-likeness (QED) is 0.117. The minimum Gasteiger partial charge on any atom is -0.493 e. The summed E-state index contributed by atoms with van der Waals surface area (Å²) in [5.41, 5.74) is -0.272. The fourth-order valence-electron chi connectivity index (χ4n) is 3.35. The first kappa shape index (κ1) is 27.0. The molecular weight excluding hydrogens is 499 g/mol. The molecule has 0 aromatic heterocycles. The van der Waals surface area contributed by atoms with E-state index in [1.54, 1.807) is 6.07 Å². The van der Waals surface area contributed by atoms with Gasteiger partial charge >= 0.3 is 5.69 Å². The molecule has 0 unspecified atom stereocenters. The number of anilines is 1. The Morgan fingerprint density at radius 1 is 1.11 bits per heavy atom. The Balaban J connectivity index is 2.02. The Morgan fingerprint density at radius 3 is 2.39 bits per heavy atom. The number of nitro benzene ring substituents is 2. The second kappa shape index (κ2) is 11.9.